The van der Waals surface area contributed by atoms with Crippen LogP contribution >= 0.6 is 0 Å². The molecule has 0 saturated heterocycles. The van der Waals surface area contributed by atoms with Crippen molar-refractivity contribution in [2.45, 2.75) is 31.3 Å². The molecule has 5 nitrogen and oxygen atoms in total. The van der Waals surface area contributed by atoms with Gasteiger partial charge in [-0.15, -0.1) is 0 Å². The Hall–Kier alpha value is -2.14. The molecule has 0 radical (unpaired) electrons. The molecule has 1 fully saturated rings. The molecule has 1 aliphatic rings. The van der Waals surface area contributed by atoms with Gasteiger partial charge in [0.05, 0.1) is 23.1 Å². The van der Waals surface area contributed by atoms with Crippen molar-refractivity contribution in [1.29, 1.82) is 0 Å². The molecule has 21 heavy (non-hydrogen) atoms. The second kappa shape index (κ2) is 5.69. The average Bonchev–Trinajstić information content (AvgIpc) is 3.15. The van der Waals surface area contributed by atoms with Crippen molar-refractivity contribution in [2.24, 2.45) is 0 Å². The fourth-order valence-electron chi connectivity index (χ4n) is 2.83. The summed E-state index contributed by atoms with van der Waals surface area (Å²) in [6.45, 7) is 0.297. The van der Waals surface area contributed by atoms with Gasteiger partial charge in [-0.2, -0.15) is 5.10 Å². The third-order valence-corrected chi connectivity index (χ3v) is 4.06. The van der Waals surface area contributed by atoms with Crippen molar-refractivity contribution in [3.63, 3.8) is 0 Å². The monoisotopic (exact) mass is 285 g/mol. The fraction of sp³-hybridized carbons (Fsp3) is 0.375. The number of hydrogen-bond acceptors (Lipinski definition) is 3. The number of aliphatic hydroxyl groups is 1. The van der Waals surface area contributed by atoms with Crippen molar-refractivity contribution in [3.8, 4) is 11.3 Å². The smallest absolute Gasteiger partial charge is 0.255 e. The Morgan fingerprint density at radius 1 is 1.29 bits per heavy atom. The Labute approximate surface area is 123 Å². The summed E-state index contributed by atoms with van der Waals surface area (Å²) in [5.74, 6) is -0.206. The lowest BCUT2D eigenvalue weighted by molar-refractivity contribution is 0.0450. The summed E-state index contributed by atoms with van der Waals surface area (Å²) in [5.41, 5.74) is 1.38. The Kier molecular flexibility index (Phi) is 3.75. The molecule has 1 aromatic heterocycles. The Morgan fingerprint density at radius 3 is 2.71 bits per heavy atom. The minimum atomic E-state index is -0.744. The summed E-state index contributed by atoms with van der Waals surface area (Å²) in [7, 11) is 0. The molecule has 1 saturated carbocycles. The highest BCUT2D eigenvalue weighted by atomic mass is 16.3. The number of carbonyl (C=O) groups is 1. The highest BCUT2D eigenvalue weighted by molar-refractivity contribution is 5.99. The van der Waals surface area contributed by atoms with E-state index in [1.54, 1.807) is 0 Å². The van der Waals surface area contributed by atoms with E-state index < -0.39 is 5.60 Å². The molecule has 1 amide bonds. The van der Waals surface area contributed by atoms with Gasteiger partial charge in [-0.25, -0.2) is 0 Å². The van der Waals surface area contributed by atoms with Crippen LogP contribution in [0.5, 0.6) is 0 Å². The Balaban J connectivity index is 1.72. The van der Waals surface area contributed by atoms with Crippen LogP contribution in [0.15, 0.2) is 36.5 Å². The number of carbonyl (C=O) groups excluding carboxylic acids is 1. The van der Waals surface area contributed by atoms with Gasteiger partial charge in [0.15, 0.2) is 0 Å². The molecular weight excluding hydrogens is 266 g/mol. The second-order valence-electron chi connectivity index (χ2n) is 5.64. The largest absolute Gasteiger partial charge is 0.388 e. The van der Waals surface area contributed by atoms with E-state index in [1.165, 1.54) is 6.20 Å². The van der Waals surface area contributed by atoms with E-state index >= 15 is 0 Å². The van der Waals surface area contributed by atoms with E-state index in [2.05, 4.69) is 15.5 Å². The van der Waals surface area contributed by atoms with E-state index in [-0.39, 0.29) is 5.91 Å². The number of benzene rings is 1. The molecule has 3 N–H and O–H groups in total. The predicted molar refractivity (Wildman–Crippen MR) is 79.8 cm³/mol. The topological polar surface area (TPSA) is 78.0 Å². The molecule has 0 bridgehead atoms. The lowest BCUT2D eigenvalue weighted by Crippen LogP contribution is -2.40. The Bertz CT molecular complexity index is 615. The summed E-state index contributed by atoms with van der Waals surface area (Å²) in [6.07, 6.45) is 5.07. The van der Waals surface area contributed by atoms with E-state index in [0.717, 1.165) is 31.2 Å². The zero-order chi connectivity index (χ0) is 14.7. The van der Waals surface area contributed by atoms with Crippen LogP contribution in [0.25, 0.3) is 11.3 Å². The first-order valence-corrected chi connectivity index (χ1v) is 7.27. The van der Waals surface area contributed by atoms with Gasteiger partial charge in [0.1, 0.15) is 0 Å². The number of nitrogens with one attached hydrogen (secondary N) is 2. The molecule has 1 aromatic carbocycles. The minimum Gasteiger partial charge on any atom is -0.388 e. The van der Waals surface area contributed by atoms with Crippen LogP contribution in [0.3, 0.4) is 0 Å². The molecule has 1 heterocycles. The van der Waals surface area contributed by atoms with Crippen molar-refractivity contribution in [3.05, 3.63) is 42.1 Å². The summed E-state index contributed by atoms with van der Waals surface area (Å²) >= 11 is 0. The minimum absolute atomic E-state index is 0.206. The third kappa shape index (κ3) is 2.97. The Morgan fingerprint density at radius 2 is 2.00 bits per heavy atom. The summed E-state index contributed by atoms with van der Waals surface area (Å²) < 4.78 is 0. The molecule has 1 aliphatic carbocycles. The van der Waals surface area contributed by atoms with Crippen LogP contribution < -0.4 is 5.32 Å². The van der Waals surface area contributed by atoms with E-state index in [4.69, 9.17) is 0 Å². The molecule has 110 valence electrons. The van der Waals surface area contributed by atoms with Crippen molar-refractivity contribution >= 4 is 5.91 Å². The van der Waals surface area contributed by atoms with Gasteiger partial charge in [-0.05, 0) is 12.8 Å². The zero-order valence-electron chi connectivity index (χ0n) is 11.8. The van der Waals surface area contributed by atoms with Gasteiger partial charge < -0.3 is 10.4 Å². The molecular formula is C16H19N3O2. The maximum absolute atomic E-state index is 12.3. The van der Waals surface area contributed by atoms with E-state index in [9.17, 15) is 9.90 Å². The summed E-state index contributed by atoms with van der Waals surface area (Å²) in [6, 6.07) is 9.61. The van der Waals surface area contributed by atoms with Crippen molar-refractivity contribution in [2.75, 3.05) is 6.54 Å². The molecule has 0 aliphatic heterocycles. The first-order chi connectivity index (χ1) is 10.2. The van der Waals surface area contributed by atoms with Crippen LogP contribution in [0.2, 0.25) is 0 Å². The fourth-order valence-corrected chi connectivity index (χ4v) is 2.83. The van der Waals surface area contributed by atoms with Crippen LogP contribution in [0, 0.1) is 0 Å². The van der Waals surface area contributed by atoms with Crippen molar-refractivity contribution in [1.82, 2.24) is 15.5 Å². The van der Waals surface area contributed by atoms with E-state index in [1.807, 2.05) is 30.3 Å². The quantitative estimate of drug-likeness (QED) is 0.805. The van der Waals surface area contributed by atoms with Gasteiger partial charge in [0.2, 0.25) is 0 Å². The lowest BCUT2D eigenvalue weighted by Gasteiger charge is -2.22. The lowest BCUT2D eigenvalue weighted by atomic mass is 10.0. The molecule has 3 rings (SSSR count). The van der Waals surface area contributed by atoms with E-state index in [0.29, 0.717) is 17.8 Å². The van der Waals surface area contributed by atoms with Gasteiger partial charge in [0, 0.05) is 12.1 Å². The molecule has 0 atom stereocenters. The van der Waals surface area contributed by atoms with Crippen LogP contribution in [-0.4, -0.2) is 33.4 Å². The zero-order valence-corrected chi connectivity index (χ0v) is 11.8. The standard InChI is InChI=1S/C16H19N3O2/c20-15(17-11-16(21)8-4-5-9-16)13-10-18-19-14(13)12-6-2-1-3-7-12/h1-3,6-7,10,21H,4-5,8-9,11H2,(H,17,20)(H,18,19). The van der Waals surface area contributed by atoms with Gasteiger partial charge in [-0.3, -0.25) is 9.89 Å². The second-order valence-corrected chi connectivity index (χ2v) is 5.64. The molecule has 5 heteroatoms. The van der Waals surface area contributed by atoms with Gasteiger partial charge >= 0.3 is 0 Å². The maximum Gasteiger partial charge on any atom is 0.255 e. The normalized spacial score (nSPS) is 16.8. The van der Waals surface area contributed by atoms with Gasteiger partial charge in [-0.1, -0.05) is 43.2 Å². The predicted octanol–water partition coefficient (Wildman–Crippen LogP) is 2.11. The average molecular weight is 285 g/mol. The number of rotatable bonds is 4. The number of hydrogen-bond donors (Lipinski definition) is 3. The SMILES string of the molecule is O=C(NCC1(O)CCCC1)c1cn[nH]c1-c1ccccc1. The molecule has 0 spiro atoms. The number of amides is 1. The highest BCUT2D eigenvalue weighted by Gasteiger charge is 2.31. The maximum atomic E-state index is 12.3. The summed E-state index contributed by atoms with van der Waals surface area (Å²) in [4.78, 5) is 12.3. The van der Waals surface area contributed by atoms with Gasteiger partial charge in [0.25, 0.3) is 5.91 Å². The van der Waals surface area contributed by atoms with Crippen LogP contribution in [-0.2, 0) is 0 Å². The molecule has 0 unspecified atom stereocenters. The first-order valence-electron chi connectivity index (χ1n) is 7.27. The summed E-state index contributed by atoms with van der Waals surface area (Å²) in [5, 5.41) is 20.0. The number of nitrogens with zero attached hydrogens (tertiary/aromatic N) is 1. The van der Waals surface area contributed by atoms with Crippen molar-refractivity contribution < 1.29 is 9.90 Å². The first kappa shape index (κ1) is 13.8. The van der Waals surface area contributed by atoms with Crippen LogP contribution in [0.1, 0.15) is 36.0 Å². The highest BCUT2D eigenvalue weighted by Crippen LogP contribution is 2.29. The van der Waals surface area contributed by atoms with Crippen LogP contribution in [0.4, 0.5) is 0 Å². The number of aromatic amines is 1. The number of H-pyrrole nitrogens is 1. The third-order valence-electron chi connectivity index (χ3n) is 4.06. The molecule has 2 aromatic rings. The number of aromatic nitrogens is 2.